The van der Waals surface area contributed by atoms with Crippen LogP contribution in [0.2, 0.25) is 0 Å². The molecule has 3 rings (SSSR count). The normalized spacial score (nSPS) is 11.4. The van der Waals surface area contributed by atoms with Crippen LogP contribution in [-0.2, 0) is 16.6 Å². The Morgan fingerprint density at radius 2 is 1.52 bits per heavy atom. The van der Waals surface area contributed by atoms with Crippen LogP contribution < -0.4 is 4.72 Å². The lowest BCUT2D eigenvalue weighted by Gasteiger charge is -2.25. The number of hydrogen-bond acceptors (Lipinski definition) is 4. The zero-order chi connectivity index (χ0) is 24.0. The van der Waals surface area contributed by atoms with Gasteiger partial charge in [-0.25, -0.2) is 17.2 Å². The van der Waals surface area contributed by atoms with E-state index in [1.807, 2.05) is 19.0 Å². The summed E-state index contributed by atoms with van der Waals surface area (Å²) >= 11 is 0. The summed E-state index contributed by atoms with van der Waals surface area (Å²) in [5.41, 5.74) is 0.921. The smallest absolute Gasteiger partial charge is 0.261 e. The van der Waals surface area contributed by atoms with Gasteiger partial charge in [0.15, 0.2) is 0 Å². The first-order chi connectivity index (χ1) is 15.7. The van der Waals surface area contributed by atoms with Gasteiger partial charge in [-0.3, -0.25) is 9.52 Å². The predicted octanol–water partition coefficient (Wildman–Crippen LogP) is 3.97. The minimum absolute atomic E-state index is 0.0966. The van der Waals surface area contributed by atoms with Crippen LogP contribution in [0.15, 0.2) is 77.7 Å². The number of rotatable bonds is 9. The van der Waals surface area contributed by atoms with E-state index in [0.717, 1.165) is 11.6 Å². The summed E-state index contributed by atoms with van der Waals surface area (Å²) < 4.78 is 54.5. The lowest BCUT2D eigenvalue weighted by Crippen LogP contribution is -2.36. The number of nitrogens with one attached hydrogen (secondary N) is 1. The second-order valence-electron chi connectivity index (χ2n) is 7.77. The molecule has 0 fully saturated rings. The number of benzene rings is 3. The molecule has 3 aromatic carbocycles. The van der Waals surface area contributed by atoms with Crippen molar-refractivity contribution in [2.45, 2.75) is 11.4 Å². The van der Waals surface area contributed by atoms with E-state index in [1.54, 1.807) is 17.0 Å². The quantitative estimate of drug-likeness (QED) is 0.511. The summed E-state index contributed by atoms with van der Waals surface area (Å²) in [4.78, 5) is 16.6. The van der Waals surface area contributed by atoms with Crippen LogP contribution in [0.25, 0.3) is 0 Å². The van der Waals surface area contributed by atoms with Gasteiger partial charge >= 0.3 is 0 Å². The molecule has 0 aromatic heterocycles. The molecular weight excluding hydrogens is 448 g/mol. The van der Waals surface area contributed by atoms with E-state index in [4.69, 9.17) is 0 Å². The van der Waals surface area contributed by atoms with Gasteiger partial charge in [-0.05, 0) is 68.2 Å². The molecule has 33 heavy (non-hydrogen) atoms. The molecule has 0 saturated heterocycles. The summed E-state index contributed by atoms with van der Waals surface area (Å²) in [5.74, 6) is -1.33. The van der Waals surface area contributed by atoms with Crippen molar-refractivity contribution in [1.29, 1.82) is 0 Å². The van der Waals surface area contributed by atoms with Crippen molar-refractivity contribution >= 4 is 21.6 Å². The van der Waals surface area contributed by atoms with Crippen LogP contribution in [0.4, 0.5) is 14.5 Å². The fraction of sp³-hybridized carbons (Fsp3) is 0.208. The number of halogens is 2. The van der Waals surface area contributed by atoms with Crippen molar-refractivity contribution in [2.75, 3.05) is 31.9 Å². The van der Waals surface area contributed by atoms with E-state index in [-0.39, 0.29) is 28.9 Å². The lowest BCUT2D eigenvalue weighted by atomic mass is 10.1. The van der Waals surface area contributed by atoms with Gasteiger partial charge in [-0.1, -0.05) is 24.3 Å². The van der Waals surface area contributed by atoms with Crippen molar-refractivity contribution in [2.24, 2.45) is 0 Å². The van der Waals surface area contributed by atoms with Crippen molar-refractivity contribution in [3.05, 3.63) is 95.6 Å². The predicted molar refractivity (Wildman–Crippen MR) is 123 cm³/mol. The average Bonchev–Trinajstić information content (AvgIpc) is 2.79. The van der Waals surface area contributed by atoms with Gasteiger partial charge < -0.3 is 9.80 Å². The van der Waals surface area contributed by atoms with E-state index in [2.05, 4.69) is 4.72 Å². The monoisotopic (exact) mass is 473 g/mol. The van der Waals surface area contributed by atoms with Crippen molar-refractivity contribution in [3.63, 3.8) is 0 Å². The van der Waals surface area contributed by atoms with Crippen LogP contribution in [0.5, 0.6) is 0 Å². The molecule has 0 aliphatic carbocycles. The number of carbonyl (C=O) groups excluding carboxylic acids is 1. The summed E-state index contributed by atoms with van der Waals surface area (Å²) in [6, 6.07) is 16.8. The summed E-state index contributed by atoms with van der Waals surface area (Å²) in [5, 5.41) is 0. The highest BCUT2D eigenvalue weighted by Gasteiger charge is 2.20. The number of sulfonamides is 1. The Morgan fingerprint density at radius 1 is 0.879 bits per heavy atom. The number of para-hydroxylation sites is 1. The first-order valence-corrected chi connectivity index (χ1v) is 11.7. The number of hydrogen-bond donors (Lipinski definition) is 1. The van der Waals surface area contributed by atoms with Gasteiger partial charge in [0, 0.05) is 25.2 Å². The maximum atomic E-state index is 13.8. The van der Waals surface area contributed by atoms with Crippen molar-refractivity contribution in [1.82, 2.24) is 9.80 Å². The Hall–Kier alpha value is -3.30. The van der Waals surface area contributed by atoms with Gasteiger partial charge in [-0.2, -0.15) is 0 Å². The molecule has 174 valence electrons. The molecule has 1 amide bonds. The topological polar surface area (TPSA) is 69.7 Å². The summed E-state index contributed by atoms with van der Waals surface area (Å²) in [6.45, 7) is 1.33. The Labute approximate surface area is 192 Å². The number of nitrogens with zero attached hydrogens (tertiary/aromatic N) is 2. The van der Waals surface area contributed by atoms with Crippen LogP contribution >= 0.6 is 0 Å². The fourth-order valence-corrected chi connectivity index (χ4v) is 4.16. The first kappa shape index (κ1) is 24.3. The molecule has 0 heterocycles. The molecule has 3 aromatic rings. The van der Waals surface area contributed by atoms with Crippen LogP contribution in [0.3, 0.4) is 0 Å². The fourth-order valence-electron chi connectivity index (χ4n) is 3.09. The Morgan fingerprint density at radius 3 is 2.12 bits per heavy atom. The minimum Gasteiger partial charge on any atom is -0.333 e. The van der Waals surface area contributed by atoms with Crippen LogP contribution in [0.1, 0.15) is 15.9 Å². The third kappa shape index (κ3) is 6.59. The summed E-state index contributed by atoms with van der Waals surface area (Å²) in [6.07, 6.45) is 0. The number of likely N-dealkylation sites (N-methyl/N-ethyl adjacent to an activating group) is 1. The molecule has 0 unspecified atom stereocenters. The van der Waals surface area contributed by atoms with E-state index in [0.29, 0.717) is 18.7 Å². The second-order valence-corrected chi connectivity index (χ2v) is 9.45. The Kier molecular flexibility index (Phi) is 7.78. The molecule has 0 atom stereocenters. The number of carbonyl (C=O) groups is 1. The van der Waals surface area contributed by atoms with E-state index in [1.165, 1.54) is 54.6 Å². The minimum atomic E-state index is -4.03. The van der Waals surface area contributed by atoms with E-state index >= 15 is 0 Å². The van der Waals surface area contributed by atoms with Gasteiger partial charge in [0.25, 0.3) is 15.9 Å². The molecule has 0 radical (unpaired) electrons. The maximum absolute atomic E-state index is 13.8. The third-order valence-electron chi connectivity index (χ3n) is 4.92. The third-order valence-corrected chi connectivity index (χ3v) is 6.30. The Bertz CT molecular complexity index is 1200. The van der Waals surface area contributed by atoms with Gasteiger partial charge in [0.2, 0.25) is 0 Å². The van der Waals surface area contributed by atoms with Gasteiger partial charge in [-0.15, -0.1) is 0 Å². The molecule has 0 saturated carbocycles. The highest BCUT2D eigenvalue weighted by Crippen LogP contribution is 2.20. The van der Waals surface area contributed by atoms with Crippen molar-refractivity contribution < 1.29 is 22.0 Å². The molecule has 1 N–H and O–H groups in total. The lowest BCUT2D eigenvalue weighted by molar-refractivity contribution is 0.0732. The second kappa shape index (κ2) is 10.5. The molecule has 6 nitrogen and oxygen atoms in total. The molecule has 0 spiro atoms. The van der Waals surface area contributed by atoms with Crippen LogP contribution in [0, 0.1) is 11.6 Å². The average molecular weight is 474 g/mol. The van der Waals surface area contributed by atoms with E-state index < -0.39 is 15.8 Å². The number of anilines is 1. The number of amides is 1. The standard InChI is InChI=1S/C24H25F2N3O3S/c1-28(2)15-16-29(17-18-7-11-20(25)12-8-18)24(30)19-9-13-21(14-10-19)33(31,32)27-23-6-4-3-5-22(23)26/h3-14,27H,15-17H2,1-2H3. The van der Waals surface area contributed by atoms with Gasteiger partial charge in [0.05, 0.1) is 10.6 Å². The highest BCUT2D eigenvalue weighted by molar-refractivity contribution is 7.92. The molecule has 0 aliphatic rings. The first-order valence-electron chi connectivity index (χ1n) is 10.2. The zero-order valence-electron chi connectivity index (χ0n) is 18.3. The van der Waals surface area contributed by atoms with Crippen molar-refractivity contribution in [3.8, 4) is 0 Å². The largest absolute Gasteiger partial charge is 0.333 e. The van der Waals surface area contributed by atoms with Gasteiger partial charge in [0.1, 0.15) is 11.6 Å². The van der Waals surface area contributed by atoms with E-state index in [9.17, 15) is 22.0 Å². The molecule has 9 heteroatoms. The Balaban J connectivity index is 1.79. The van der Waals surface area contributed by atoms with Crippen LogP contribution in [-0.4, -0.2) is 51.3 Å². The SMILES string of the molecule is CN(C)CCN(Cc1ccc(F)cc1)C(=O)c1ccc(S(=O)(=O)Nc2ccccc2F)cc1. The molecular formula is C24H25F2N3O3S. The summed E-state index contributed by atoms with van der Waals surface area (Å²) in [7, 11) is -0.246. The maximum Gasteiger partial charge on any atom is 0.261 e. The zero-order valence-corrected chi connectivity index (χ0v) is 19.1. The molecule has 0 aliphatic heterocycles. The highest BCUT2D eigenvalue weighted by atomic mass is 32.2. The molecule has 0 bridgehead atoms.